The summed E-state index contributed by atoms with van der Waals surface area (Å²) in [5.41, 5.74) is -0.307. The summed E-state index contributed by atoms with van der Waals surface area (Å²) in [7, 11) is 0. The third-order valence-electron chi connectivity index (χ3n) is 2.06. The van der Waals surface area contributed by atoms with Gasteiger partial charge < -0.3 is 5.32 Å². The monoisotopic (exact) mass is 269 g/mol. The van der Waals surface area contributed by atoms with E-state index in [9.17, 15) is 13.6 Å². The van der Waals surface area contributed by atoms with Crippen molar-refractivity contribution >= 4 is 23.3 Å². The average Bonchev–Trinajstić information content (AvgIpc) is 2.32. The number of aromatic nitrogens is 2. The van der Waals surface area contributed by atoms with Gasteiger partial charge in [-0.05, 0) is 12.1 Å². The van der Waals surface area contributed by atoms with Crippen LogP contribution in [0.15, 0.2) is 30.6 Å². The first kappa shape index (κ1) is 12.4. The molecular weight excluding hydrogens is 264 g/mol. The van der Waals surface area contributed by atoms with Crippen molar-refractivity contribution in [1.29, 1.82) is 0 Å². The minimum absolute atomic E-state index is 0.00731. The minimum Gasteiger partial charge on any atom is -0.304 e. The molecule has 1 amide bonds. The summed E-state index contributed by atoms with van der Waals surface area (Å²) in [6.45, 7) is 0. The quantitative estimate of drug-likeness (QED) is 0.912. The maximum absolute atomic E-state index is 13.3. The van der Waals surface area contributed by atoms with E-state index in [1.807, 2.05) is 0 Å². The van der Waals surface area contributed by atoms with Gasteiger partial charge in [0.1, 0.15) is 11.6 Å². The highest BCUT2D eigenvalue weighted by molar-refractivity contribution is 6.32. The van der Waals surface area contributed by atoms with Crippen LogP contribution in [0.3, 0.4) is 0 Å². The number of benzene rings is 1. The van der Waals surface area contributed by atoms with Crippen molar-refractivity contribution in [3.8, 4) is 0 Å². The van der Waals surface area contributed by atoms with Crippen LogP contribution in [0.5, 0.6) is 0 Å². The summed E-state index contributed by atoms with van der Waals surface area (Å²) < 4.78 is 26.0. The van der Waals surface area contributed by atoms with Gasteiger partial charge in [0.15, 0.2) is 11.0 Å². The van der Waals surface area contributed by atoms with Crippen LogP contribution in [0.25, 0.3) is 0 Å². The third kappa shape index (κ3) is 2.60. The van der Waals surface area contributed by atoms with Crippen molar-refractivity contribution in [2.75, 3.05) is 5.32 Å². The highest BCUT2D eigenvalue weighted by Crippen LogP contribution is 2.16. The van der Waals surface area contributed by atoms with Crippen LogP contribution in [-0.4, -0.2) is 15.9 Å². The number of anilines is 1. The van der Waals surface area contributed by atoms with Crippen molar-refractivity contribution in [1.82, 2.24) is 9.97 Å². The van der Waals surface area contributed by atoms with E-state index in [2.05, 4.69) is 15.3 Å². The van der Waals surface area contributed by atoms with Gasteiger partial charge in [-0.3, -0.25) is 4.79 Å². The Morgan fingerprint density at radius 2 is 1.94 bits per heavy atom. The molecule has 0 atom stereocenters. The Morgan fingerprint density at radius 3 is 2.61 bits per heavy atom. The first-order chi connectivity index (χ1) is 8.58. The highest BCUT2D eigenvalue weighted by atomic mass is 35.5. The molecule has 1 N–H and O–H groups in total. The molecule has 0 radical (unpaired) electrons. The van der Waals surface area contributed by atoms with Gasteiger partial charge in [-0.15, -0.1) is 0 Å². The number of hydrogen-bond donors (Lipinski definition) is 1. The number of halogens is 3. The molecule has 0 aliphatic heterocycles. The fourth-order valence-corrected chi connectivity index (χ4v) is 1.41. The van der Waals surface area contributed by atoms with Crippen LogP contribution in [0.1, 0.15) is 10.4 Å². The van der Waals surface area contributed by atoms with Gasteiger partial charge in [0.05, 0.1) is 5.56 Å². The number of carbonyl (C=O) groups is 1. The minimum atomic E-state index is -0.965. The summed E-state index contributed by atoms with van der Waals surface area (Å²) in [5, 5.41) is 2.26. The fraction of sp³-hybridized carbons (Fsp3) is 0. The van der Waals surface area contributed by atoms with Crippen molar-refractivity contribution in [2.45, 2.75) is 0 Å². The maximum Gasteiger partial charge on any atom is 0.259 e. The molecule has 1 heterocycles. The Labute approximate surface area is 106 Å². The van der Waals surface area contributed by atoms with E-state index < -0.39 is 17.5 Å². The standard InChI is InChI=1S/C11H6ClF2N3O/c12-9-10(16-4-3-15-9)17-11(18)7-2-1-6(13)5-8(7)14/h1-5H,(H,16,17,18). The molecule has 4 nitrogen and oxygen atoms in total. The molecule has 18 heavy (non-hydrogen) atoms. The van der Waals surface area contributed by atoms with Gasteiger partial charge in [-0.1, -0.05) is 11.6 Å². The SMILES string of the molecule is O=C(Nc1nccnc1Cl)c1ccc(F)cc1F. The van der Waals surface area contributed by atoms with Crippen molar-refractivity contribution in [3.05, 3.63) is 52.9 Å². The molecule has 7 heteroatoms. The molecule has 0 spiro atoms. The molecule has 1 aromatic heterocycles. The lowest BCUT2D eigenvalue weighted by Crippen LogP contribution is -2.15. The van der Waals surface area contributed by atoms with Gasteiger partial charge in [-0.25, -0.2) is 18.7 Å². The van der Waals surface area contributed by atoms with Crippen molar-refractivity contribution in [3.63, 3.8) is 0 Å². The van der Waals surface area contributed by atoms with Crippen molar-refractivity contribution < 1.29 is 13.6 Å². The smallest absolute Gasteiger partial charge is 0.259 e. The molecule has 0 aliphatic carbocycles. The molecular formula is C11H6ClF2N3O. The lowest BCUT2D eigenvalue weighted by atomic mass is 10.2. The number of nitrogens with zero attached hydrogens (tertiary/aromatic N) is 2. The molecule has 0 saturated heterocycles. The fourth-order valence-electron chi connectivity index (χ4n) is 1.25. The molecule has 0 bridgehead atoms. The predicted octanol–water partition coefficient (Wildman–Crippen LogP) is 2.66. The van der Waals surface area contributed by atoms with Crippen LogP contribution in [-0.2, 0) is 0 Å². The summed E-state index contributed by atoms with van der Waals surface area (Å²) in [6.07, 6.45) is 2.67. The molecule has 1 aromatic carbocycles. The summed E-state index contributed by atoms with van der Waals surface area (Å²) in [4.78, 5) is 19.2. The molecule has 2 rings (SSSR count). The zero-order valence-electron chi connectivity index (χ0n) is 8.82. The molecule has 0 fully saturated rings. The lowest BCUT2D eigenvalue weighted by molar-refractivity contribution is 0.102. The van der Waals surface area contributed by atoms with E-state index in [-0.39, 0.29) is 16.5 Å². The Balaban J connectivity index is 2.25. The average molecular weight is 270 g/mol. The normalized spacial score (nSPS) is 10.2. The van der Waals surface area contributed by atoms with Crippen LogP contribution in [0.2, 0.25) is 5.15 Å². The lowest BCUT2D eigenvalue weighted by Gasteiger charge is -2.05. The molecule has 2 aromatic rings. The van der Waals surface area contributed by atoms with Crippen LogP contribution >= 0.6 is 11.6 Å². The molecule has 0 aliphatic rings. The first-order valence-electron chi connectivity index (χ1n) is 4.81. The second-order valence-corrected chi connectivity index (χ2v) is 3.63. The van der Waals surface area contributed by atoms with E-state index in [1.165, 1.54) is 12.4 Å². The summed E-state index contributed by atoms with van der Waals surface area (Å²) in [5.74, 6) is -2.50. The van der Waals surface area contributed by atoms with E-state index in [0.717, 1.165) is 12.1 Å². The van der Waals surface area contributed by atoms with Gasteiger partial charge in [0.25, 0.3) is 5.91 Å². The van der Waals surface area contributed by atoms with Gasteiger partial charge in [-0.2, -0.15) is 0 Å². The zero-order chi connectivity index (χ0) is 13.1. The topological polar surface area (TPSA) is 54.9 Å². The number of amides is 1. The highest BCUT2D eigenvalue weighted by Gasteiger charge is 2.14. The van der Waals surface area contributed by atoms with E-state index in [1.54, 1.807) is 0 Å². The Morgan fingerprint density at radius 1 is 1.22 bits per heavy atom. The van der Waals surface area contributed by atoms with Gasteiger partial charge in [0, 0.05) is 18.5 Å². The van der Waals surface area contributed by atoms with Gasteiger partial charge >= 0.3 is 0 Å². The van der Waals surface area contributed by atoms with E-state index in [4.69, 9.17) is 11.6 Å². The zero-order valence-corrected chi connectivity index (χ0v) is 9.58. The maximum atomic E-state index is 13.3. The Kier molecular flexibility index (Phi) is 3.47. The Hall–Kier alpha value is -2.08. The number of carbonyl (C=O) groups excluding carboxylic acids is 1. The second kappa shape index (κ2) is 5.05. The van der Waals surface area contributed by atoms with E-state index in [0.29, 0.717) is 6.07 Å². The van der Waals surface area contributed by atoms with Crippen LogP contribution in [0, 0.1) is 11.6 Å². The second-order valence-electron chi connectivity index (χ2n) is 3.27. The predicted molar refractivity (Wildman–Crippen MR) is 61.4 cm³/mol. The molecule has 0 unspecified atom stereocenters. The molecule has 0 saturated carbocycles. The first-order valence-corrected chi connectivity index (χ1v) is 5.18. The largest absolute Gasteiger partial charge is 0.304 e. The summed E-state index contributed by atoms with van der Waals surface area (Å²) >= 11 is 5.68. The van der Waals surface area contributed by atoms with E-state index >= 15 is 0 Å². The van der Waals surface area contributed by atoms with Crippen LogP contribution < -0.4 is 5.32 Å². The van der Waals surface area contributed by atoms with Gasteiger partial charge in [0.2, 0.25) is 0 Å². The number of rotatable bonds is 2. The number of hydrogen-bond acceptors (Lipinski definition) is 3. The summed E-state index contributed by atoms with van der Waals surface area (Å²) in [6, 6.07) is 2.63. The van der Waals surface area contributed by atoms with Crippen LogP contribution in [0.4, 0.5) is 14.6 Å². The molecule has 92 valence electrons. The third-order valence-corrected chi connectivity index (χ3v) is 2.34. The number of nitrogens with one attached hydrogen (secondary N) is 1. The Bertz CT molecular complexity index is 607. The van der Waals surface area contributed by atoms with Crippen molar-refractivity contribution in [2.24, 2.45) is 0 Å².